The molecule has 0 amide bonds. The SMILES string of the molecule is CCCCc1ccc(N=Cc2ccc(Oc3nc(Oc4ccc(C=Nc5ccc(CCCC)cc5)cc4)nc(Oc4ccc(C=Nc5ccc(CCCC)cc5)cc4)n3)cc2)cc1. The molecule has 0 radical (unpaired) electrons. The fourth-order valence-corrected chi connectivity index (χ4v) is 6.48. The van der Waals surface area contributed by atoms with E-state index in [0.717, 1.165) is 53.0 Å². The van der Waals surface area contributed by atoms with Crippen molar-refractivity contribution in [2.24, 2.45) is 15.0 Å². The predicted octanol–water partition coefficient (Wildman–Crippen LogP) is 14.5. The molecule has 63 heavy (non-hydrogen) atoms. The van der Waals surface area contributed by atoms with Crippen molar-refractivity contribution >= 4 is 35.7 Å². The Morgan fingerprint density at radius 1 is 0.349 bits per heavy atom. The molecule has 9 nitrogen and oxygen atoms in total. The molecule has 318 valence electrons. The summed E-state index contributed by atoms with van der Waals surface area (Å²) in [4.78, 5) is 27.4. The summed E-state index contributed by atoms with van der Waals surface area (Å²) in [6, 6.07) is 47.7. The second-order valence-corrected chi connectivity index (χ2v) is 15.3. The highest BCUT2D eigenvalue weighted by Gasteiger charge is 2.14. The van der Waals surface area contributed by atoms with E-state index < -0.39 is 0 Å². The van der Waals surface area contributed by atoms with Crippen molar-refractivity contribution < 1.29 is 14.2 Å². The van der Waals surface area contributed by atoms with Gasteiger partial charge in [0.1, 0.15) is 17.2 Å². The largest absolute Gasteiger partial charge is 0.424 e. The quantitative estimate of drug-likeness (QED) is 0.0668. The molecule has 0 N–H and O–H groups in total. The molecule has 0 fully saturated rings. The van der Waals surface area contributed by atoms with Crippen LogP contribution in [0.5, 0.6) is 35.3 Å². The summed E-state index contributed by atoms with van der Waals surface area (Å²) in [7, 11) is 0. The van der Waals surface area contributed by atoms with E-state index in [-0.39, 0.29) is 18.0 Å². The number of ether oxygens (including phenoxy) is 3. The molecule has 0 atom stereocenters. The van der Waals surface area contributed by atoms with Crippen molar-refractivity contribution in [1.29, 1.82) is 0 Å². The van der Waals surface area contributed by atoms with Crippen molar-refractivity contribution in [2.75, 3.05) is 0 Å². The monoisotopic (exact) mass is 834 g/mol. The van der Waals surface area contributed by atoms with Crippen LogP contribution >= 0.6 is 0 Å². The number of aromatic nitrogens is 3. The number of aliphatic imine (C=N–C) groups is 3. The maximum Gasteiger partial charge on any atom is 0.331 e. The minimum atomic E-state index is 0.00788. The first-order valence-electron chi connectivity index (χ1n) is 22.0. The first kappa shape index (κ1) is 43.8. The minimum absolute atomic E-state index is 0.00788. The lowest BCUT2D eigenvalue weighted by Crippen LogP contribution is -2.01. The van der Waals surface area contributed by atoms with Gasteiger partial charge in [0.05, 0.1) is 17.1 Å². The average molecular weight is 835 g/mol. The fourth-order valence-electron chi connectivity index (χ4n) is 6.48. The molecule has 1 heterocycles. The lowest BCUT2D eigenvalue weighted by atomic mass is 10.1. The van der Waals surface area contributed by atoms with Crippen molar-refractivity contribution in [2.45, 2.75) is 78.6 Å². The molecule has 0 bridgehead atoms. The van der Waals surface area contributed by atoms with Crippen LogP contribution in [0.1, 0.15) is 92.7 Å². The summed E-state index contributed by atoms with van der Waals surface area (Å²) in [5.41, 5.74) is 9.45. The van der Waals surface area contributed by atoms with Crippen LogP contribution in [-0.2, 0) is 19.3 Å². The second kappa shape index (κ2) is 23.1. The maximum absolute atomic E-state index is 6.14. The van der Waals surface area contributed by atoms with Crippen LogP contribution in [0.2, 0.25) is 0 Å². The second-order valence-electron chi connectivity index (χ2n) is 15.3. The zero-order chi connectivity index (χ0) is 43.5. The number of nitrogens with zero attached hydrogens (tertiary/aromatic N) is 6. The van der Waals surface area contributed by atoms with E-state index in [1.165, 1.54) is 55.2 Å². The standard InChI is InChI=1S/C54H54N6O3/c1-4-7-10-40-13-25-46(26-14-40)55-37-43-19-31-49(32-20-43)61-52-58-53(62-50-33-21-44(22-34-50)38-56-47-27-15-41(16-28-47)11-8-5-2)60-54(59-52)63-51-35-23-45(24-36-51)39-57-48-29-17-42(18-30-48)12-9-6-3/h13-39H,4-12H2,1-3H3. The fraction of sp³-hybridized carbons (Fsp3) is 0.222. The number of rotatable bonds is 21. The number of aryl methyl sites for hydroxylation is 3. The van der Waals surface area contributed by atoms with Gasteiger partial charge in [-0.3, -0.25) is 15.0 Å². The van der Waals surface area contributed by atoms with Gasteiger partial charge in [-0.05, 0) is 181 Å². The van der Waals surface area contributed by atoms with Crippen LogP contribution in [0.15, 0.2) is 161 Å². The number of hydrogen-bond acceptors (Lipinski definition) is 9. The summed E-state index contributed by atoms with van der Waals surface area (Å²) in [5.74, 6) is 1.57. The van der Waals surface area contributed by atoms with Gasteiger partial charge in [0.25, 0.3) is 0 Å². The smallest absolute Gasteiger partial charge is 0.331 e. The first-order valence-corrected chi connectivity index (χ1v) is 22.0. The third-order valence-corrected chi connectivity index (χ3v) is 10.2. The number of unbranched alkanes of at least 4 members (excludes halogenated alkanes) is 3. The van der Waals surface area contributed by atoms with Gasteiger partial charge in [0.2, 0.25) is 0 Å². The molecular weight excluding hydrogens is 781 g/mol. The minimum Gasteiger partial charge on any atom is -0.424 e. The normalized spacial score (nSPS) is 11.5. The first-order chi connectivity index (χ1) is 31.0. The van der Waals surface area contributed by atoms with Crippen molar-refractivity contribution in [3.8, 4) is 35.3 Å². The molecule has 0 aliphatic heterocycles. The van der Waals surface area contributed by atoms with Crippen LogP contribution in [0.3, 0.4) is 0 Å². The zero-order valence-electron chi connectivity index (χ0n) is 36.4. The zero-order valence-corrected chi connectivity index (χ0v) is 36.4. The van der Waals surface area contributed by atoms with Crippen LogP contribution < -0.4 is 14.2 Å². The van der Waals surface area contributed by atoms with E-state index in [1.807, 2.05) is 91.4 Å². The van der Waals surface area contributed by atoms with Gasteiger partial charge in [0.15, 0.2) is 0 Å². The van der Waals surface area contributed by atoms with Crippen molar-refractivity contribution in [3.05, 3.63) is 179 Å². The molecular formula is C54H54N6O3. The molecule has 7 rings (SSSR count). The Bertz CT molecular complexity index is 2250. The van der Waals surface area contributed by atoms with E-state index in [0.29, 0.717) is 17.2 Å². The highest BCUT2D eigenvalue weighted by Crippen LogP contribution is 2.28. The Labute approximate surface area is 371 Å². The Morgan fingerprint density at radius 2 is 0.603 bits per heavy atom. The summed E-state index contributed by atoms with van der Waals surface area (Å²) < 4.78 is 18.4. The van der Waals surface area contributed by atoms with Gasteiger partial charge in [-0.2, -0.15) is 0 Å². The Balaban J connectivity index is 1.04. The Morgan fingerprint density at radius 3 is 0.841 bits per heavy atom. The number of benzene rings is 6. The molecule has 0 aliphatic rings. The van der Waals surface area contributed by atoms with E-state index in [2.05, 4.69) is 123 Å². The van der Waals surface area contributed by atoms with Crippen molar-refractivity contribution in [3.63, 3.8) is 0 Å². The molecule has 6 aromatic carbocycles. The summed E-state index contributed by atoms with van der Waals surface area (Å²) in [5, 5.41) is 0. The number of hydrogen-bond donors (Lipinski definition) is 0. The van der Waals surface area contributed by atoms with Gasteiger partial charge >= 0.3 is 18.0 Å². The third-order valence-electron chi connectivity index (χ3n) is 10.2. The van der Waals surface area contributed by atoms with Crippen LogP contribution in [0, 0.1) is 0 Å². The molecule has 1 aromatic heterocycles. The van der Waals surface area contributed by atoms with Gasteiger partial charge in [-0.15, -0.1) is 15.0 Å². The van der Waals surface area contributed by atoms with Crippen LogP contribution in [-0.4, -0.2) is 33.6 Å². The highest BCUT2D eigenvalue weighted by atomic mass is 16.5. The molecule has 0 unspecified atom stereocenters. The van der Waals surface area contributed by atoms with E-state index >= 15 is 0 Å². The molecule has 0 saturated heterocycles. The van der Waals surface area contributed by atoms with E-state index in [4.69, 9.17) is 14.2 Å². The Hall–Kier alpha value is -7.26. The van der Waals surface area contributed by atoms with Gasteiger partial charge in [-0.25, -0.2) is 0 Å². The summed E-state index contributed by atoms with van der Waals surface area (Å²) in [6.07, 6.45) is 15.8. The molecule has 9 heteroatoms. The van der Waals surface area contributed by atoms with Gasteiger partial charge < -0.3 is 14.2 Å². The summed E-state index contributed by atoms with van der Waals surface area (Å²) in [6.45, 7) is 6.62. The Kier molecular flexibility index (Phi) is 16.1. The molecule has 0 aliphatic carbocycles. The average Bonchev–Trinajstić information content (AvgIpc) is 3.32. The van der Waals surface area contributed by atoms with E-state index in [1.54, 1.807) is 0 Å². The van der Waals surface area contributed by atoms with Gasteiger partial charge in [0, 0.05) is 18.6 Å². The molecule has 0 saturated carbocycles. The van der Waals surface area contributed by atoms with E-state index in [9.17, 15) is 0 Å². The third kappa shape index (κ3) is 14.1. The summed E-state index contributed by atoms with van der Waals surface area (Å²) >= 11 is 0. The topological polar surface area (TPSA) is 103 Å². The predicted molar refractivity (Wildman–Crippen MR) is 256 cm³/mol. The van der Waals surface area contributed by atoms with Crippen LogP contribution in [0.4, 0.5) is 17.1 Å². The molecule has 7 aromatic rings. The highest BCUT2D eigenvalue weighted by molar-refractivity contribution is 5.83. The van der Waals surface area contributed by atoms with Crippen LogP contribution in [0.25, 0.3) is 0 Å². The lowest BCUT2D eigenvalue weighted by Gasteiger charge is -2.10. The van der Waals surface area contributed by atoms with Gasteiger partial charge in [-0.1, -0.05) is 76.4 Å². The lowest BCUT2D eigenvalue weighted by molar-refractivity contribution is 0.362. The molecule has 0 spiro atoms. The maximum atomic E-state index is 6.14. The van der Waals surface area contributed by atoms with Crippen molar-refractivity contribution in [1.82, 2.24) is 15.0 Å².